The first-order valence-electron chi connectivity index (χ1n) is 6.19. The van der Waals surface area contributed by atoms with Gasteiger partial charge in [-0.2, -0.15) is 18.3 Å². The van der Waals surface area contributed by atoms with E-state index >= 15 is 0 Å². The number of carboxylic acids is 1. The molecule has 1 fully saturated rings. The Morgan fingerprint density at radius 1 is 1.55 bits per heavy atom. The van der Waals surface area contributed by atoms with Gasteiger partial charge < -0.3 is 5.11 Å². The molecule has 112 valence electrons. The summed E-state index contributed by atoms with van der Waals surface area (Å²) < 4.78 is 40.6. The van der Waals surface area contributed by atoms with Crippen LogP contribution in [0.15, 0.2) is 6.33 Å². The van der Waals surface area contributed by atoms with E-state index in [0.717, 1.165) is 0 Å². The van der Waals surface area contributed by atoms with Crippen molar-refractivity contribution in [1.29, 1.82) is 0 Å². The van der Waals surface area contributed by atoms with Gasteiger partial charge in [0.25, 0.3) is 0 Å². The first-order chi connectivity index (χ1) is 9.30. The standard InChI is InChI=1S/C11H15F3N4O2/c1-2-18-8(15-7-16-18)5-17-4-3-10(6-17,9(19)20)11(12,13)14/h7H,2-6H2,1H3,(H,19,20). The van der Waals surface area contributed by atoms with E-state index in [2.05, 4.69) is 10.1 Å². The SMILES string of the molecule is CCn1ncnc1CN1CCC(C(=O)O)(C(F)(F)F)C1. The summed E-state index contributed by atoms with van der Waals surface area (Å²) in [5.74, 6) is -1.28. The van der Waals surface area contributed by atoms with E-state index < -0.39 is 30.5 Å². The van der Waals surface area contributed by atoms with E-state index in [1.807, 2.05) is 6.92 Å². The molecule has 6 nitrogen and oxygen atoms in total. The largest absolute Gasteiger partial charge is 0.481 e. The van der Waals surface area contributed by atoms with E-state index in [4.69, 9.17) is 5.11 Å². The molecule has 2 heterocycles. The predicted octanol–water partition coefficient (Wildman–Crippen LogP) is 1.14. The maximum absolute atomic E-state index is 13.0. The maximum atomic E-state index is 13.0. The number of carbonyl (C=O) groups is 1. The van der Waals surface area contributed by atoms with Gasteiger partial charge in [-0.1, -0.05) is 0 Å². The average molecular weight is 292 g/mol. The highest BCUT2D eigenvalue weighted by Crippen LogP contribution is 2.45. The van der Waals surface area contributed by atoms with Crippen molar-refractivity contribution >= 4 is 5.97 Å². The van der Waals surface area contributed by atoms with Crippen LogP contribution in [0.1, 0.15) is 19.2 Å². The molecular weight excluding hydrogens is 277 g/mol. The molecule has 2 rings (SSSR count). The lowest BCUT2D eigenvalue weighted by Crippen LogP contribution is -2.47. The molecule has 0 aromatic carbocycles. The minimum Gasteiger partial charge on any atom is -0.481 e. The van der Waals surface area contributed by atoms with Crippen molar-refractivity contribution in [2.45, 2.75) is 32.6 Å². The first kappa shape index (κ1) is 14.8. The number of aliphatic carboxylic acids is 1. The zero-order valence-corrected chi connectivity index (χ0v) is 10.9. The van der Waals surface area contributed by atoms with E-state index in [0.29, 0.717) is 12.4 Å². The lowest BCUT2D eigenvalue weighted by molar-refractivity contribution is -0.227. The van der Waals surface area contributed by atoms with E-state index in [-0.39, 0.29) is 13.1 Å². The molecule has 1 aliphatic heterocycles. The molecule has 1 atom stereocenters. The maximum Gasteiger partial charge on any atom is 0.406 e. The normalized spacial score (nSPS) is 24.2. The Labute approximate surface area is 113 Å². The number of aryl methyl sites for hydroxylation is 1. The molecule has 0 radical (unpaired) electrons. The molecular formula is C11H15F3N4O2. The lowest BCUT2D eigenvalue weighted by atomic mass is 9.86. The molecule has 0 saturated carbocycles. The summed E-state index contributed by atoms with van der Waals surface area (Å²) in [6.07, 6.45) is -3.86. The minimum absolute atomic E-state index is 0.0718. The molecule has 0 amide bonds. The molecule has 1 aromatic rings. The Morgan fingerprint density at radius 2 is 2.25 bits per heavy atom. The molecule has 1 unspecified atom stereocenters. The Hall–Kier alpha value is -1.64. The summed E-state index contributed by atoms with van der Waals surface area (Å²) in [6.45, 7) is 2.09. The lowest BCUT2D eigenvalue weighted by Gasteiger charge is -2.27. The van der Waals surface area contributed by atoms with Gasteiger partial charge in [-0.3, -0.25) is 9.69 Å². The number of hydrogen-bond donors (Lipinski definition) is 1. The van der Waals surface area contributed by atoms with E-state index in [1.165, 1.54) is 11.2 Å². The fraction of sp³-hybridized carbons (Fsp3) is 0.727. The number of aromatic nitrogens is 3. The summed E-state index contributed by atoms with van der Waals surface area (Å²) in [6, 6.07) is 0. The van der Waals surface area contributed by atoms with Gasteiger partial charge in [0.1, 0.15) is 12.2 Å². The second kappa shape index (κ2) is 5.04. The molecule has 0 bridgehead atoms. The fourth-order valence-corrected chi connectivity index (χ4v) is 2.43. The molecule has 1 N–H and O–H groups in total. The van der Waals surface area contributed by atoms with Crippen LogP contribution < -0.4 is 0 Å². The zero-order valence-electron chi connectivity index (χ0n) is 10.9. The third kappa shape index (κ3) is 2.37. The van der Waals surface area contributed by atoms with Gasteiger partial charge in [0.2, 0.25) is 0 Å². The number of halogens is 3. The first-order valence-corrected chi connectivity index (χ1v) is 6.19. The molecule has 0 aliphatic carbocycles. The van der Waals surface area contributed by atoms with Crippen molar-refractivity contribution in [2.24, 2.45) is 5.41 Å². The highest BCUT2D eigenvalue weighted by Gasteiger charge is 2.63. The number of hydrogen-bond acceptors (Lipinski definition) is 4. The summed E-state index contributed by atoms with van der Waals surface area (Å²) in [5.41, 5.74) is -2.68. The number of nitrogens with zero attached hydrogens (tertiary/aromatic N) is 4. The third-order valence-electron chi connectivity index (χ3n) is 3.66. The monoisotopic (exact) mass is 292 g/mol. The highest BCUT2D eigenvalue weighted by molar-refractivity contribution is 5.76. The van der Waals surface area contributed by atoms with Crippen LogP contribution in [0.25, 0.3) is 0 Å². The Balaban J connectivity index is 2.14. The Morgan fingerprint density at radius 3 is 2.75 bits per heavy atom. The summed E-state index contributed by atoms with van der Waals surface area (Å²) in [4.78, 5) is 16.5. The number of carboxylic acid groups (broad SMARTS) is 1. The van der Waals surface area contributed by atoms with Crippen molar-refractivity contribution in [3.05, 3.63) is 12.2 Å². The minimum atomic E-state index is -4.76. The van der Waals surface area contributed by atoms with Crippen molar-refractivity contribution in [3.63, 3.8) is 0 Å². The van der Waals surface area contributed by atoms with Gasteiger partial charge in [0.05, 0.1) is 6.54 Å². The molecule has 1 aromatic heterocycles. The highest BCUT2D eigenvalue weighted by atomic mass is 19.4. The second-order valence-corrected chi connectivity index (χ2v) is 4.84. The van der Waals surface area contributed by atoms with Crippen molar-refractivity contribution in [2.75, 3.05) is 13.1 Å². The number of alkyl halides is 3. The van der Waals surface area contributed by atoms with Crippen LogP contribution in [0.2, 0.25) is 0 Å². The topological polar surface area (TPSA) is 71.2 Å². The van der Waals surface area contributed by atoms with E-state index in [1.54, 1.807) is 4.68 Å². The van der Waals surface area contributed by atoms with E-state index in [9.17, 15) is 18.0 Å². The fourth-order valence-electron chi connectivity index (χ4n) is 2.43. The third-order valence-corrected chi connectivity index (χ3v) is 3.66. The van der Waals surface area contributed by atoms with Crippen LogP contribution in [0.4, 0.5) is 13.2 Å². The second-order valence-electron chi connectivity index (χ2n) is 4.84. The van der Waals surface area contributed by atoms with Crippen LogP contribution in [0.5, 0.6) is 0 Å². The van der Waals surface area contributed by atoms with Crippen molar-refractivity contribution in [3.8, 4) is 0 Å². The predicted molar refractivity (Wildman–Crippen MR) is 61.7 cm³/mol. The van der Waals surface area contributed by atoms with Crippen molar-refractivity contribution < 1.29 is 23.1 Å². The molecule has 0 spiro atoms. The smallest absolute Gasteiger partial charge is 0.406 e. The quantitative estimate of drug-likeness (QED) is 0.901. The zero-order chi connectivity index (χ0) is 15.0. The molecule has 9 heteroatoms. The average Bonchev–Trinajstić information content (AvgIpc) is 2.95. The number of rotatable bonds is 4. The van der Waals surface area contributed by atoms with Crippen molar-refractivity contribution in [1.82, 2.24) is 19.7 Å². The van der Waals surface area contributed by atoms with Crippen LogP contribution >= 0.6 is 0 Å². The van der Waals surface area contributed by atoms with Gasteiger partial charge in [0.15, 0.2) is 5.41 Å². The molecule has 20 heavy (non-hydrogen) atoms. The van der Waals surface area contributed by atoms with Gasteiger partial charge in [-0.05, 0) is 13.3 Å². The van der Waals surface area contributed by atoms with Gasteiger partial charge in [-0.25, -0.2) is 9.67 Å². The summed E-state index contributed by atoms with van der Waals surface area (Å²) in [7, 11) is 0. The Bertz CT molecular complexity index is 502. The van der Waals surface area contributed by atoms with Crippen LogP contribution in [-0.2, 0) is 17.9 Å². The van der Waals surface area contributed by atoms with Gasteiger partial charge >= 0.3 is 12.1 Å². The molecule has 1 aliphatic rings. The van der Waals surface area contributed by atoms with Crippen LogP contribution in [0, 0.1) is 5.41 Å². The van der Waals surface area contributed by atoms with Gasteiger partial charge in [0, 0.05) is 19.6 Å². The van der Waals surface area contributed by atoms with Crippen LogP contribution in [-0.4, -0.2) is 50.0 Å². The molecule has 1 saturated heterocycles. The van der Waals surface area contributed by atoms with Crippen LogP contribution in [0.3, 0.4) is 0 Å². The summed E-state index contributed by atoms with van der Waals surface area (Å²) >= 11 is 0. The number of likely N-dealkylation sites (tertiary alicyclic amines) is 1. The Kier molecular flexibility index (Phi) is 3.72. The summed E-state index contributed by atoms with van der Waals surface area (Å²) in [5, 5.41) is 12.9. The van der Waals surface area contributed by atoms with Gasteiger partial charge in [-0.15, -0.1) is 0 Å².